The van der Waals surface area contributed by atoms with E-state index < -0.39 is 57.9 Å². The summed E-state index contributed by atoms with van der Waals surface area (Å²) in [5.41, 5.74) is -1.05. The fraction of sp³-hybridized carbons (Fsp3) is 0.440. The Balaban J connectivity index is 1.85. The van der Waals surface area contributed by atoms with Crippen LogP contribution in [0.2, 0.25) is 0 Å². The van der Waals surface area contributed by atoms with E-state index in [4.69, 9.17) is 4.74 Å². The molecule has 1 aliphatic rings. The van der Waals surface area contributed by atoms with Crippen LogP contribution in [0.1, 0.15) is 31.9 Å². The van der Waals surface area contributed by atoms with Crippen molar-refractivity contribution in [3.63, 3.8) is 0 Å². The lowest BCUT2D eigenvalue weighted by Gasteiger charge is -2.30. The number of carbonyl (C=O) groups excluding carboxylic acids is 2. The number of sulfone groups is 1. The number of ketones is 1. The van der Waals surface area contributed by atoms with Crippen LogP contribution < -0.4 is 10.6 Å². The minimum Gasteiger partial charge on any atom is -0.371 e. The zero-order chi connectivity index (χ0) is 27.6. The Kier molecular flexibility index (Phi) is 8.45. The van der Waals surface area contributed by atoms with Gasteiger partial charge in [-0.3, -0.25) is 14.9 Å². The summed E-state index contributed by atoms with van der Waals surface area (Å²) in [6.07, 6.45) is -4.33. The first kappa shape index (κ1) is 28.7. The van der Waals surface area contributed by atoms with Crippen molar-refractivity contribution in [2.45, 2.75) is 55.1 Å². The molecule has 3 atom stereocenters. The zero-order valence-corrected chi connectivity index (χ0v) is 21.3. The summed E-state index contributed by atoms with van der Waals surface area (Å²) in [5.74, 6) is -1.36. The number of ether oxygens (including phenoxy) is 1. The van der Waals surface area contributed by atoms with E-state index in [1.165, 1.54) is 36.4 Å². The van der Waals surface area contributed by atoms with E-state index in [2.05, 4.69) is 10.6 Å². The number of nitrogens with one attached hydrogen (secondary N) is 2. The zero-order valence-electron chi connectivity index (χ0n) is 20.4. The Morgan fingerprint density at radius 2 is 1.57 bits per heavy atom. The van der Waals surface area contributed by atoms with E-state index in [1.807, 2.05) is 0 Å². The number of benzene rings is 2. The molecule has 12 heteroatoms. The van der Waals surface area contributed by atoms with Crippen LogP contribution >= 0.6 is 0 Å². The molecule has 2 aromatic rings. The predicted molar refractivity (Wildman–Crippen MR) is 128 cm³/mol. The number of alkyl halides is 4. The van der Waals surface area contributed by atoms with E-state index in [9.17, 15) is 35.6 Å². The van der Waals surface area contributed by atoms with Crippen LogP contribution in [0.25, 0.3) is 11.1 Å². The maximum absolute atomic E-state index is 14.5. The lowest BCUT2D eigenvalue weighted by molar-refractivity contribution is -0.161. The Morgan fingerprint density at radius 3 is 2.00 bits per heavy atom. The maximum atomic E-state index is 14.5. The van der Waals surface area contributed by atoms with Gasteiger partial charge in [-0.05, 0) is 42.7 Å². The Bertz CT molecular complexity index is 1220. The van der Waals surface area contributed by atoms with Crippen LogP contribution in [-0.4, -0.2) is 63.5 Å². The predicted octanol–water partition coefficient (Wildman–Crippen LogP) is 3.54. The van der Waals surface area contributed by atoms with Crippen molar-refractivity contribution < 1.29 is 40.3 Å². The van der Waals surface area contributed by atoms with Crippen molar-refractivity contribution in [3.8, 4) is 11.1 Å². The highest BCUT2D eigenvalue weighted by atomic mass is 32.2. The summed E-state index contributed by atoms with van der Waals surface area (Å²) < 4.78 is 85.0. The Hall–Kier alpha value is -2.83. The fourth-order valence-electron chi connectivity index (χ4n) is 3.92. The van der Waals surface area contributed by atoms with Crippen LogP contribution in [-0.2, 0) is 24.2 Å². The molecule has 0 aromatic heterocycles. The first-order valence-corrected chi connectivity index (χ1v) is 13.3. The molecule has 0 radical (unpaired) electrons. The quantitative estimate of drug-likeness (QED) is 0.469. The molecule has 7 nitrogen and oxygen atoms in total. The molecule has 0 saturated carbocycles. The molecule has 1 aliphatic heterocycles. The van der Waals surface area contributed by atoms with Gasteiger partial charge in [-0.15, -0.1) is 0 Å². The molecule has 2 aromatic carbocycles. The summed E-state index contributed by atoms with van der Waals surface area (Å²) in [6.45, 7) is 1.97. The van der Waals surface area contributed by atoms with Crippen LogP contribution in [0.15, 0.2) is 53.4 Å². The highest BCUT2D eigenvalue weighted by Crippen LogP contribution is 2.35. The van der Waals surface area contributed by atoms with Gasteiger partial charge in [0.05, 0.1) is 17.5 Å². The van der Waals surface area contributed by atoms with Gasteiger partial charge < -0.3 is 10.1 Å². The first-order valence-electron chi connectivity index (χ1n) is 11.4. The molecule has 3 rings (SSSR count). The number of carbonyl (C=O) groups is 2. The van der Waals surface area contributed by atoms with E-state index in [1.54, 1.807) is 12.1 Å². The lowest BCUT2D eigenvalue weighted by atomic mass is 9.96. The maximum Gasteiger partial charge on any atom is 0.407 e. The average Bonchev–Trinajstić information content (AvgIpc) is 3.19. The van der Waals surface area contributed by atoms with Crippen LogP contribution in [0.4, 0.5) is 17.6 Å². The molecule has 202 valence electrons. The second kappa shape index (κ2) is 10.9. The van der Waals surface area contributed by atoms with Gasteiger partial charge in [0.1, 0.15) is 24.4 Å². The molecule has 1 unspecified atom stereocenters. The number of Topliss-reactive ketones (excluding diaryl/α,β-unsaturated/α-hetero) is 1. The summed E-state index contributed by atoms with van der Waals surface area (Å²) in [4.78, 5) is 24.7. The summed E-state index contributed by atoms with van der Waals surface area (Å²) in [6, 6.07) is 6.33. The van der Waals surface area contributed by atoms with Gasteiger partial charge in [-0.25, -0.2) is 12.8 Å². The molecular weight excluding hydrogens is 516 g/mol. The number of amides is 1. The van der Waals surface area contributed by atoms with E-state index in [0.29, 0.717) is 11.1 Å². The third-order valence-corrected chi connectivity index (χ3v) is 6.92. The average molecular weight is 545 g/mol. The van der Waals surface area contributed by atoms with E-state index in [0.717, 1.165) is 20.1 Å². The topological polar surface area (TPSA) is 102 Å². The molecule has 2 N–H and O–H groups in total. The second-order valence-electron chi connectivity index (χ2n) is 9.58. The van der Waals surface area contributed by atoms with Crippen LogP contribution in [0, 0.1) is 0 Å². The van der Waals surface area contributed by atoms with Crippen LogP contribution in [0.3, 0.4) is 0 Å². The van der Waals surface area contributed by atoms with Gasteiger partial charge >= 0.3 is 6.18 Å². The van der Waals surface area contributed by atoms with Crippen LogP contribution in [0.5, 0.6) is 0 Å². The van der Waals surface area contributed by atoms with Crippen molar-refractivity contribution >= 4 is 21.5 Å². The van der Waals surface area contributed by atoms with Gasteiger partial charge in [-0.1, -0.05) is 36.4 Å². The molecular formula is C25H28F4N2O5S. The highest BCUT2D eigenvalue weighted by Gasteiger charge is 2.44. The van der Waals surface area contributed by atoms with Crippen molar-refractivity contribution in [2.24, 2.45) is 0 Å². The molecule has 0 bridgehead atoms. The molecule has 37 heavy (non-hydrogen) atoms. The van der Waals surface area contributed by atoms with Crippen molar-refractivity contribution in [3.05, 3.63) is 54.1 Å². The van der Waals surface area contributed by atoms with Gasteiger partial charge in [-0.2, -0.15) is 13.2 Å². The normalized spacial score (nSPS) is 18.5. The molecule has 1 fully saturated rings. The third kappa shape index (κ3) is 7.83. The Labute approximate surface area is 212 Å². The van der Waals surface area contributed by atoms with Gasteiger partial charge in [0.2, 0.25) is 5.91 Å². The smallest absolute Gasteiger partial charge is 0.371 e. The number of halogens is 4. The SMILES string of the molecule is CC(C)(F)C[C@H](N[C@@H](c1ccc(-c2ccc(S(C)(=O)=O)cc2)cc1)C(F)(F)F)C(=O)NC1COCC1=O. The Morgan fingerprint density at radius 1 is 1.03 bits per heavy atom. The molecule has 0 spiro atoms. The second-order valence-corrected chi connectivity index (χ2v) is 11.6. The van der Waals surface area contributed by atoms with E-state index in [-0.39, 0.29) is 23.7 Å². The van der Waals surface area contributed by atoms with Gasteiger partial charge in [0, 0.05) is 12.7 Å². The standard InChI is InChI=1S/C25H28F4N2O5S/c1-24(2,26)12-19(23(33)31-20-13-36-14-21(20)32)30-22(25(27,28)29)17-6-4-15(5-7-17)16-8-10-18(11-9-16)37(3,34)35/h4-11,19-20,22,30H,12-14H2,1-3H3,(H,31,33)/t19-,20?,22-/m0/s1. The third-order valence-electron chi connectivity index (χ3n) is 5.79. The minimum absolute atomic E-state index is 0.106. The molecule has 0 aliphatic carbocycles. The first-order chi connectivity index (χ1) is 17.0. The van der Waals surface area contributed by atoms with E-state index >= 15 is 0 Å². The molecule has 1 heterocycles. The number of hydrogen-bond donors (Lipinski definition) is 2. The van der Waals surface area contributed by atoms with Crippen molar-refractivity contribution in [1.29, 1.82) is 0 Å². The minimum atomic E-state index is -4.83. The highest BCUT2D eigenvalue weighted by molar-refractivity contribution is 7.90. The summed E-state index contributed by atoms with van der Waals surface area (Å²) in [7, 11) is -3.40. The molecule has 1 amide bonds. The summed E-state index contributed by atoms with van der Waals surface area (Å²) >= 11 is 0. The lowest BCUT2D eigenvalue weighted by Crippen LogP contribution is -2.54. The molecule has 1 saturated heterocycles. The summed E-state index contributed by atoms with van der Waals surface area (Å²) in [5, 5.41) is 4.60. The van der Waals surface area contributed by atoms with Crippen molar-refractivity contribution in [2.75, 3.05) is 19.5 Å². The number of hydrogen-bond acceptors (Lipinski definition) is 6. The van der Waals surface area contributed by atoms with Crippen molar-refractivity contribution in [1.82, 2.24) is 10.6 Å². The fourth-order valence-corrected chi connectivity index (χ4v) is 4.55. The largest absolute Gasteiger partial charge is 0.407 e. The van der Waals surface area contributed by atoms with Gasteiger partial charge in [0.15, 0.2) is 15.6 Å². The van der Waals surface area contributed by atoms with Gasteiger partial charge in [0.25, 0.3) is 0 Å². The number of rotatable bonds is 9. The monoisotopic (exact) mass is 544 g/mol.